The first-order valence-electron chi connectivity index (χ1n) is 8.30. The minimum atomic E-state index is -3.41. The predicted octanol–water partition coefficient (Wildman–Crippen LogP) is 3.02. The quantitative estimate of drug-likeness (QED) is 0.748. The van der Waals surface area contributed by atoms with E-state index in [1.807, 2.05) is 37.3 Å². The third kappa shape index (κ3) is 6.12. The van der Waals surface area contributed by atoms with Gasteiger partial charge in [0.1, 0.15) is 0 Å². The summed E-state index contributed by atoms with van der Waals surface area (Å²) in [4.78, 5) is 12.1. The van der Waals surface area contributed by atoms with Crippen LogP contribution in [0.3, 0.4) is 0 Å². The summed E-state index contributed by atoms with van der Waals surface area (Å²) in [5, 5.41) is 3.40. The van der Waals surface area contributed by atoms with Gasteiger partial charge in [0, 0.05) is 24.2 Å². The molecule has 0 spiro atoms. The fourth-order valence-corrected chi connectivity index (χ4v) is 3.95. The van der Waals surface area contributed by atoms with Gasteiger partial charge in [-0.15, -0.1) is 0 Å². The topological polar surface area (TPSA) is 66.5 Å². The first-order valence-corrected chi connectivity index (χ1v) is 10.5. The highest BCUT2D eigenvalue weighted by molar-refractivity contribution is 7.88. The summed E-state index contributed by atoms with van der Waals surface area (Å²) in [6.07, 6.45) is 1.41. The molecule has 1 amide bonds. The van der Waals surface area contributed by atoms with E-state index < -0.39 is 10.0 Å². The fraction of sp³-hybridized carbons (Fsp3) is 0.316. The van der Waals surface area contributed by atoms with Crippen LogP contribution in [0.4, 0.5) is 0 Å². The number of hydrogen-bond donors (Lipinski definition) is 1. The third-order valence-corrected chi connectivity index (χ3v) is 5.67. The zero-order chi connectivity index (χ0) is 19.2. The number of benzene rings is 2. The summed E-state index contributed by atoms with van der Waals surface area (Å²) in [6.45, 7) is 2.30. The number of hydrogen-bond acceptors (Lipinski definition) is 3. The van der Waals surface area contributed by atoms with E-state index in [1.54, 1.807) is 24.3 Å². The molecule has 5 nitrogen and oxygen atoms in total. The number of rotatable bonds is 8. The zero-order valence-corrected chi connectivity index (χ0v) is 16.4. The SMILES string of the molecule is CC(c1ccccc1)N(CCNC(=O)Cc1ccc(Cl)cc1)S(C)(=O)=O. The Hall–Kier alpha value is -1.89. The molecule has 0 saturated carbocycles. The lowest BCUT2D eigenvalue weighted by atomic mass is 10.1. The van der Waals surface area contributed by atoms with Gasteiger partial charge in [-0.3, -0.25) is 4.79 Å². The molecule has 0 fully saturated rings. The number of nitrogens with one attached hydrogen (secondary N) is 1. The molecule has 1 N–H and O–H groups in total. The Kier molecular flexibility index (Phi) is 7.20. The summed E-state index contributed by atoms with van der Waals surface area (Å²) in [6, 6.07) is 16.2. The maximum absolute atomic E-state index is 12.1. The predicted molar refractivity (Wildman–Crippen MR) is 105 cm³/mol. The van der Waals surface area contributed by atoms with Crippen molar-refractivity contribution in [1.29, 1.82) is 0 Å². The lowest BCUT2D eigenvalue weighted by Gasteiger charge is -2.27. The minimum Gasteiger partial charge on any atom is -0.354 e. The first-order chi connectivity index (χ1) is 12.3. The average molecular weight is 395 g/mol. The van der Waals surface area contributed by atoms with E-state index in [9.17, 15) is 13.2 Å². The molecule has 2 aromatic carbocycles. The van der Waals surface area contributed by atoms with Gasteiger partial charge >= 0.3 is 0 Å². The van der Waals surface area contributed by atoms with Gasteiger partial charge in [0.25, 0.3) is 0 Å². The maximum Gasteiger partial charge on any atom is 0.224 e. The summed E-state index contributed by atoms with van der Waals surface area (Å²) >= 11 is 5.83. The van der Waals surface area contributed by atoms with Gasteiger partial charge in [0.15, 0.2) is 0 Å². The molecule has 7 heteroatoms. The summed E-state index contributed by atoms with van der Waals surface area (Å²) in [5.74, 6) is -0.159. The van der Waals surface area contributed by atoms with E-state index in [-0.39, 0.29) is 31.5 Å². The normalized spacial score (nSPS) is 12.8. The number of carbonyl (C=O) groups is 1. The van der Waals surface area contributed by atoms with Crippen LogP contribution in [0.25, 0.3) is 0 Å². The second-order valence-corrected chi connectivity index (χ2v) is 8.49. The van der Waals surface area contributed by atoms with E-state index in [0.29, 0.717) is 5.02 Å². The van der Waals surface area contributed by atoms with Crippen LogP contribution in [-0.2, 0) is 21.2 Å². The minimum absolute atomic E-state index is 0.159. The Labute approximate surface area is 160 Å². The second-order valence-electron chi connectivity index (χ2n) is 6.11. The molecule has 0 bridgehead atoms. The molecule has 0 heterocycles. The van der Waals surface area contributed by atoms with Crippen molar-refractivity contribution < 1.29 is 13.2 Å². The lowest BCUT2D eigenvalue weighted by molar-refractivity contribution is -0.120. The van der Waals surface area contributed by atoms with Crippen molar-refractivity contribution >= 4 is 27.5 Å². The van der Waals surface area contributed by atoms with Crippen molar-refractivity contribution in [3.8, 4) is 0 Å². The van der Waals surface area contributed by atoms with Crippen LogP contribution in [-0.4, -0.2) is 38.0 Å². The Morgan fingerprint density at radius 3 is 2.31 bits per heavy atom. The average Bonchev–Trinajstić information content (AvgIpc) is 2.60. The molecule has 0 aromatic heterocycles. The van der Waals surface area contributed by atoms with E-state index in [1.165, 1.54) is 10.6 Å². The van der Waals surface area contributed by atoms with Crippen molar-refractivity contribution in [2.45, 2.75) is 19.4 Å². The molecule has 0 radical (unpaired) electrons. The van der Waals surface area contributed by atoms with Crippen molar-refractivity contribution in [2.24, 2.45) is 0 Å². The van der Waals surface area contributed by atoms with Gasteiger partial charge in [0.05, 0.1) is 12.7 Å². The maximum atomic E-state index is 12.1. The largest absolute Gasteiger partial charge is 0.354 e. The molecule has 0 aliphatic rings. The van der Waals surface area contributed by atoms with Crippen molar-refractivity contribution in [3.05, 3.63) is 70.7 Å². The summed E-state index contributed by atoms with van der Waals surface area (Å²) < 4.78 is 25.7. The Morgan fingerprint density at radius 2 is 1.73 bits per heavy atom. The standard InChI is InChI=1S/C19H23ClN2O3S/c1-15(17-6-4-3-5-7-17)22(26(2,24)25)13-12-21-19(23)14-16-8-10-18(20)11-9-16/h3-11,15H,12-14H2,1-2H3,(H,21,23). The van der Waals surface area contributed by atoms with Crippen LogP contribution in [0.2, 0.25) is 5.02 Å². The highest BCUT2D eigenvalue weighted by Gasteiger charge is 2.24. The zero-order valence-electron chi connectivity index (χ0n) is 14.9. The van der Waals surface area contributed by atoms with Gasteiger partial charge in [0.2, 0.25) is 15.9 Å². The number of halogens is 1. The van der Waals surface area contributed by atoms with Gasteiger partial charge in [-0.2, -0.15) is 4.31 Å². The number of carbonyl (C=O) groups excluding carboxylic acids is 1. The van der Waals surface area contributed by atoms with E-state index >= 15 is 0 Å². The van der Waals surface area contributed by atoms with Gasteiger partial charge in [-0.25, -0.2) is 8.42 Å². The van der Waals surface area contributed by atoms with Crippen LogP contribution in [0.1, 0.15) is 24.1 Å². The molecule has 26 heavy (non-hydrogen) atoms. The molecule has 0 saturated heterocycles. The monoisotopic (exact) mass is 394 g/mol. The van der Waals surface area contributed by atoms with Crippen LogP contribution in [0.15, 0.2) is 54.6 Å². The first kappa shape index (κ1) is 20.4. The highest BCUT2D eigenvalue weighted by Crippen LogP contribution is 2.21. The molecular weight excluding hydrogens is 372 g/mol. The third-order valence-electron chi connectivity index (χ3n) is 4.07. The van der Waals surface area contributed by atoms with Crippen LogP contribution in [0.5, 0.6) is 0 Å². The Bertz CT molecular complexity index is 824. The molecule has 2 rings (SSSR count). The Morgan fingerprint density at radius 1 is 1.12 bits per heavy atom. The van der Waals surface area contributed by atoms with Crippen LogP contribution >= 0.6 is 11.6 Å². The van der Waals surface area contributed by atoms with Gasteiger partial charge in [-0.05, 0) is 30.2 Å². The molecule has 0 aliphatic heterocycles. The van der Waals surface area contributed by atoms with Gasteiger partial charge in [-0.1, -0.05) is 54.1 Å². The second kappa shape index (κ2) is 9.16. The van der Waals surface area contributed by atoms with Crippen molar-refractivity contribution in [3.63, 3.8) is 0 Å². The summed E-state index contributed by atoms with van der Waals surface area (Å²) in [7, 11) is -3.41. The molecule has 140 valence electrons. The van der Waals surface area contributed by atoms with Crippen molar-refractivity contribution in [2.75, 3.05) is 19.3 Å². The highest BCUT2D eigenvalue weighted by atomic mass is 35.5. The molecule has 0 aliphatic carbocycles. The number of amides is 1. The summed E-state index contributed by atoms with van der Waals surface area (Å²) in [5.41, 5.74) is 1.76. The number of nitrogens with zero attached hydrogens (tertiary/aromatic N) is 1. The lowest BCUT2D eigenvalue weighted by Crippen LogP contribution is -2.39. The molecular formula is C19H23ClN2O3S. The fourth-order valence-electron chi connectivity index (χ4n) is 2.70. The van der Waals surface area contributed by atoms with Crippen LogP contribution in [0, 0.1) is 0 Å². The number of sulfonamides is 1. The Balaban J connectivity index is 1.93. The molecule has 1 atom stereocenters. The van der Waals surface area contributed by atoms with Crippen molar-refractivity contribution in [1.82, 2.24) is 9.62 Å². The van der Waals surface area contributed by atoms with E-state index in [0.717, 1.165) is 11.1 Å². The molecule has 2 aromatic rings. The smallest absolute Gasteiger partial charge is 0.224 e. The van der Waals surface area contributed by atoms with Crippen LogP contribution < -0.4 is 5.32 Å². The van der Waals surface area contributed by atoms with Gasteiger partial charge < -0.3 is 5.32 Å². The van der Waals surface area contributed by atoms with E-state index in [4.69, 9.17) is 11.6 Å². The molecule has 1 unspecified atom stereocenters. The van der Waals surface area contributed by atoms with E-state index in [2.05, 4.69) is 5.32 Å².